The lowest BCUT2D eigenvalue weighted by atomic mass is 10.2. The number of fused-ring (bicyclic) bond motifs is 2. The Kier molecular flexibility index (Phi) is 3.38. The van der Waals surface area contributed by atoms with Crippen LogP contribution in [0.25, 0.3) is 17.1 Å². The quantitative estimate of drug-likeness (QED) is 0.698. The number of nitrogens with zero attached hydrogens (tertiary/aromatic N) is 4. The van der Waals surface area contributed by atoms with Crippen LogP contribution in [0.2, 0.25) is 0 Å². The van der Waals surface area contributed by atoms with E-state index in [2.05, 4.69) is 19.9 Å². The number of pyridine rings is 1. The zero-order valence-electron chi connectivity index (χ0n) is 12.8. The van der Waals surface area contributed by atoms with Crippen LogP contribution in [0.4, 0.5) is 0 Å². The fourth-order valence-corrected chi connectivity index (χ4v) is 2.48. The van der Waals surface area contributed by atoms with Crippen molar-refractivity contribution in [3.63, 3.8) is 0 Å². The Labute approximate surface area is 136 Å². The standard InChI is InChI=1S/C17H12N4O3/c1-23-15-5-3-12-16(21-15)18-9-19-17(12)24-8-10-2-4-13-11(6-10)7-14(22)20-13/h2-7,9H,8H2,1H3. The largest absolute Gasteiger partial charge is 0.481 e. The lowest BCUT2D eigenvalue weighted by Gasteiger charge is -2.08. The van der Waals surface area contributed by atoms with Gasteiger partial charge in [-0.25, -0.2) is 15.0 Å². The maximum absolute atomic E-state index is 11.3. The molecule has 2 aromatic heterocycles. The minimum absolute atomic E-state index is 0.232. The van der Waals surface area contributed by atoms with Crippen molar-refractivity contribution in [2.75, 3.05) is 7.11 Å². The predicted molar refractivity (Wildman–Crippen MR) is 84.9 cm³/mol. The number of amides is 1. The van der Waals surface area contributed by atoms with E-state index in [0.717, 1.165) is 10.8 Å². The first kappa shape index (κ1) is 14.3. The van der Waals surface area contributed by atoms with Crippen LogP contribution in [-0.4, -0.2) is 28.0 Å². The van der Waals surface area contributed by atoms with Crippen molar-refractivity contribution in [3.8, 4) is 11.8 Å². The SMILES string of the molecule is COc1ccc2c(OCc3ccc4c(c3)=CC(=O)N=4)ncnc2n1. The average molecular weight is 320 g/mol. The molecule has 0 N–H and O–H groups in total. The minimum Gasteiger partial charge on any atom is -0.481 e. The Hall–Kier alpha value is -3.35. The van der Waals surface area contributed by atoms with Gasteiger partial charge in [-0.15, -0.1) is 0 Å². The number of hydrogen-bond donors (Lipinski definition) is 0. The summed E-state index contributed by atoms with van der Waals surface area (Å²) in [7, 11) is 1.55. The molecule has 0 fully saturated rings. The highest BCUT2D eigenvalue weighted by Crippen LogP contribution is 2.22. The molecule has 1 aliphatic rings. The van der Waals surface area contributed by atoms with Gasteiger partial charge in [0.05, 0.1) is 17.9 Å². The second kappa shape index (κ2) is 5.69. The first-order chi connectivity index (χ1) is 11.7. The Morgan fingerprint density at radius 1 is 1.12 bits per heavy atom. The normalized spacial score (nSPS) is 12.5. The van der Waals surface area contributed by atoms with Crippen molar-refractivity contribution in [1.82, 2.24) is 15.0 Å². The Morgan fingerprint density at radius 3 is 2.92 bits per heavy atom. The molecule has 24 heavy (non-hydrogen) atoms. The average Bonchev–Trinajstić information content (AvgIpc) is 2.98. The summed E-state index contributed by atoms with van der Waals surface area (Å²) >= 11 is 0. The molecular weight excluding hydrogens is 308 g/mol. The van der Waals surface area contributed by atoms with Crippen LogP contribution in [0.5, 0.6) is 11.8 Å². The van der Waals surface area contributed by atoms with Gasteiger partial charge < -0.3 is 9.47 Å². The first-order valence-electron chi connectivity index (χ1n) is 7.25. The first-order valence-corrected chi connectivity index (χ1v) is 7.25. The fourth-order valence-electron chi connectivity index (χ4n) is 2.48. The van der Waals surface area contributed by atoms with Crippen molar-refractivity contribution < 1.29 is 14.3 Å². The van der Waals surface area contributed by atoms with Gasteiger partial charge in [0.1, 0.15) is 12.9 Å². The molecule has 3 heterocycles. The Balaban J connectivity index is 1.62. The number of rotatable bonds is 4. The molecule has 4 rings (SSSR count). The molecule has 0 saturated carbocycles. The van der Waals surface area contributed by atoms with Crippen LogP contribution >= 0.6 is 0 Å². The number of carbonyl (C=O) groups excluding carboxylic acids is 1. The zero-order valence-corrected chi connectivity index (χ0v) is 12.8. The van der Waals surface area contributed by atoms with Gasteiger partial charge in [0.15, 0.2) is 5.65 Å². The number of hydrogen-bond acceptors (Lipinski definition) is 6. The number of carbonyl (C=O) groups is 1. The van der Waals surface area contributed by atoms with E-state index in [0.29, 0.717) is 34.8 Å². The Bertz CT molecular complexity index is 1080. The van der Waals surface area contributed by atoms with Gasteiger partial charge in [0, 0.05) is 17.4 Å². The maximum Gasteiger partial charge on any atom is 0.270 e. The molecule has 0 saturated heterocycles. The van der Waals surface area contributed by atoms with Gasteiger partial charge in [0.2, 0.25) is 11.8 Å². The van der Waals surface area contributed by atoms with Crippen molar-refractivity contribution in [2.45, 2.75) is 6.61 Å². The van der Waals surface area contributed by atoms with Gasteiger partial charge >= 0.3 is 0 Å². The van der Waals surface area contributed by atoms with E-state index >= 15 is 0 Å². The molecule has 0 atom stereocenters. The van der Waals surface area contributed by atoms with Gasteiger partial charge in [-0.2, -0.15) is 4.98 Å². The lowest BCUT2D eigenvalue weighted by molar-refractivity contribution is -0.112. The molecule has 0 radical (unpaired) electrons. The molecule has 0 unspecified atom stereocenters. The van der Waals surface area contributed by atoms with Gasteiger partial charge in [-0.3, -0.25) is 4.79 Å². The predicted octanol–water partition coefficient (Wildman–Crippen LogP) is 0.553. The fraction of sp³-hybridized carbons (Fsp3) is 0.118. The summed E-state index contributed by atoms with van der Waals surface area (Å²) in [6, 6.07) is 9.11. The number of ether oxygens (including phenoxy) is 2. The highest BCUT2D eigenvalue weighted by atomic mass is 16.5. The number of aromatic nitrogens is 3. The van der Waals surface area contributed by atoms with Crippen molar-refractivity contribution in [1.29, 1.82) is 0 Å². The van der Waals surface area contributed by atoms with Crippen LogP contribution in [0.1, 0.15) is 5.56 Å². The summed E-state index contributed by atoms with van der Waals surface area (Å²) < 4.78 is 10.9. The van der Waals surface area contributed by atoms with Crippen molar-refractivity contribution >= 4 is 23.0 Å². The van der Waals surface area contributed by atoms with E-state index in [1.165, 1.54) is 12.4 Å². The van der Waals surface area contributed by atoms with Crippen LogP contribution in [-0.2, 0) is 11.4 Å². The van der Waals surface area contributed by atoms with E-state index < -0.39 is 0 Å². The number of methoxy groups -OCH3 is 1. The molecule has 118 valence electrons. The third-order valence-electron chi connectivity index (χ3n) is 3.62. The summed E-state index contributed by atoms with van der Waals surface area (Å²) in [5.74, 6) is 0.694. The lowest BCUT2D eigenvalue weighted by Crippen LogP contribution is -2.21. The zero-order chi connectivity index (χ0) is 16.5. The van der Waals surface area contributed by atoms with Crippen molar-refractivity contribution in [3.05, 3.63) is 52.8 Å². The Morgan fingerprint density at radius 2 is 2.04 bits per heavy atom. The maximum atomic E-state index is 11.3. The molecule has 7 heteroatoms. The molecule has 1 aromatic carbocycles. The summed E-state index contributed by atoms with van der Waals surface area (Å²) in [5, 5.41) is 2.20. The van der Waals surface area contributed by atoms with E-state index in [9.17, 15) is 4.79 Å². The van der Waals surface area contributed by atoms with Gasteiger partial charge in [0.25, 0.3) is 5.91 Å². The minimum atomic E-state index is -0.232. The molecule has 7 nitrogen and oxygen atoms in total. The third-order valence-corrected chi connectivity index (χ3v) is 3.62. The molecule has 0 bridgehead atoms. The van der Waals surface area contributed by atoms with Crippen LogP contribution in [0.15, 0.2) is 41.7 Å². The molecule has 0 aliphatic carbocycles. The van der Waals surface area contributed by atoms with E-state index in [1.807, 2.05) is 18.2 Å². The van der Waals surface area contributed by atoms with E-state index in [1.54, 1.807) is 19.2 Å². The highest BCUT2D eigenvalue weighted by Gasteiger charge is 2.09. The summed E-state index contributed by atoms with van der Waals surface area (Å²) in [6.07, 6.45) is 2.91. The summed E-state index contributed by atoms with van der Waals surface area (Å²) in [6.45, 7) is 0.313. The molecule has 1 amide bonds. The van der Waals surface area contributed by atoms with Crippen molar-refractivity contribution in [2.24, 2.45) is 4.99 Å². The molecule has 0 spiro atoms. The van der Waals surface area contributed by atoms with Gasteiger partial charge in [-0.1, -0.05) is 6.07 Å². The van der Waals surface area contributed by atoms with E-state index in [4.69, 9.17) is 9.47 Å². The highest BCUT2D eigenvalue weighted by molar-refractivity contribution is 6.06. The monoisotopic (exact) mass is 320 g/mol. The number of benzene rings is 1. The molecule has 1 aliphatic heterocycles. The van der Waals surface area contributed by atoms with Crippen LogP contribution in [0, 0.1) is 0 Å². The van der Waals surface area contributed by atoms with E-state index in [-0.39, 0.29) is 5.91 Å². The molecular formula is C17H12N4O3. The summed E-state index contributed by atoms with van der Waals surface area (Å²) in [4.78, 5) is 27.7. The van der Waals surface area contributed by atoms with Crippen LogP contribution in [0.3, 0.4) is 0 Å². The topological polar surface area (TPSA) is 86.6 Å². The third kappa shape index (κ3) is 2.56. The summed E-state index contributed by atoms with van der Waals surface area (Å²) in [5.41, 5.74) is 1.43. The second-order valence-electron chi connectivity index (χ2n) is 5.18. The van der Waals surface area contributed by atoms with Crippen LogP contribution < -0.4 is 20.0 Å². The molecule has 3 aromatic rings. The van der Waals surface area contributed by atoms with Gasteiger partial charge in [-0.05, 0) is 23.8 Å². The second-order valence-corrected chi connectivity index (χ2v) is 5.18. The smallest absolute Gasteiger partial charge is 0.270 e.